The maximum atomic E-state index is 3.84. The summed E-state index contributed by atoms with van der Waals surface area (Å²) in [4.78, 5) is 0. The summed E-state index contributed by atoms with van der Waals surface area (Å²) in [7, 11) is 0. The maximum Gasteiger partial charge on any atom is 0.0320 e. The third kappa shape index (κ3) is 6.91. The molecule has 1 saturated heterocycles. The molecule has 1 aliphatic rings. The van der Waals surface area contributed by atoms with Crippen LogP contribution in [0.5, 0.6) is 0 Å². The van der Waals surface area contributed by atoms with Gasteiger partial charge in [0.05, 0.1) is 0 Å². The van der Waals surface area contributed by atoms with Crippen LogP contribution in [0.3, 0.4) is 0 Å². The lowest BCUT2D eigenvalue weighted by atomic mass is 10.0. The summed E-state index contributed by atoms with van der Waals surface area (Å²) in [5, 5.41) is 5.52. The molecule has 1 nitrogen and oxygen atoms in total. The summed E-state index contributed by atoms with van der Waals surface area (Å²) in [5.41, 5.74) is 0. The Morgan fingerprint density at radius 1 is 1.20 bits per heavy atom. The lowest BCUT2D eigenvalue weighted by molar-refractivity contribution is 0.434. The van der Waals surface area contributed by atoms with Crippen LogP contribution in [0.1, 0.15) is 58.8 Å². The van der Waals surface area contributed by atoms with Crippen molar-refractivity contribution in [2.75, 3.05) is 18.1 Å². The van der Waals surface area contributed by atoms with E-state index in [9.17, 15) is 0 Å². The van der Waals surface area contributed by atoms with Gasteiger partial charge in [-0.3, -0.25) is 0 Å². The van der Waals surface area contributed by atoms with E-state index in [-0.39, 0.29) is 0 Å². The second kappa shape index (κ2) is 12.0. The van der Waals surface area contributed by atoms with Gasteiger partial charge in [-0.1, -0.05) is 32.8 Å². The van der Waals surface area contributed by atoms with E-state index >= 15 is 0 Å². The number of nitrogens with one attached hydrogen (secondary N) is 1. The predicted molar refractivity (Wildman–Crippen MR) is 98.1 cm³/mol. The van der Waals surface area contributed by atoms with Gasteiger partial charge < -0.3 is 5.32 Å². The van der Waals surface area contributed by atoms with Crippen molar-refractivity contribution in [3.05, 3.63) is 12.7 Å². The average Bonchev–Trinajstić information content (AvgIpc) is 2.50. The van der Waals surface area contributed by atoms with Crippen LogP contribution in [0.15, 0.2) is 12.7 Å². The van der Waals surface area contributed by atoms with Gasteiger partial charge in [0.2, 0.25) is 0 Å². The lowest BCUT2D eigenvalue weighted by Gasteiger charge is -2.36. The molecule has 0 aromatic rings. The molecule has 1 fully saturated rings. The van der Waals surface area contributed by atoms with Crippen LogP contribution in [-0.4, -0.2) is 34.6 Å². The third-order valence-electron chi connectivity index (χ3n) is 3.97. The van der Waals surface area contributed by atoms with Gasteiger partial charge >= 0.3 is 0 Å². The number of thioether (sulfide) groups is 2. The van der Waals surface area contributed by atoms with Crippen molar-refractivity contribution >= 4 is 23.5 Å². The van der Waals surface area contributed by atoms with Crippen LogP contribution in [0.25, 0.3) is 0 Å². The fourth-order valence-corrected chi connectivity index (χ4v) is 6.16. The van der Waals surface area contributed by atoms with Gasteiger partial charge in [0.1, 0.15) is 0 Å². The Balaban J connectivity index is 2.41. The molecule has 118 valence electrons. The predicted octanol–water partition coefficient (Wildman–Crippen LogP) is 5.12. The first kappa shape index (κ1) is 18.4. The van der Waals surface area contributed by atoms with E-state index in [4.69, 9.17) is 0 Å². The molecule has 3 unspecified atom stereocenters. The topological polar surface area (TPSA) is 12.0 Å². The molecule has 0 spiro atoms. The molecule has 0 bridgehead atoms. The van der Waals surface area contributed by atoms with Gasteiger partial charge in [-0.15, -0.1) is 6.58 Å². The minimum absolute atomic E-state index is 0.724. The molecule has 0 amide bonds. The van der Waals surface area contributed by atoms with Gasteiger partial charge in [-0.2, -0.15) is 23.5 Å². The van der Waals surface area contributed by atoms with Crippen LogP contribution in [-0.2, 0) is 0 Å². The number of allylic oxidation sites excluding steroid dienone is 1. The van der Waals surface area contributed by atoms with Crippen molar-refractivity contribution < 1.29 is 0 Å². The van der Waals surface area contributed by atoms with E-state index in [1.807, 2.05) is 6.08 Å². The van der Waals surface area contributed by atoms with Gasteiger partial charge in [0, 0.05) is 28.0 Å². The quantitative estimate of drug-likeness (QED) is 0.420. The van der Waals surface area contributed by atoms with Crippen molar-refractivity contribution in [2.45, 2.75) is 75.3 Å². The monoisotopic (exact) mass is 315 g/mol. The number of hydrogen-bond acceptors (Lipinski definition) is 3. The highest BCUT2D eigenvalue weighted by molar-refractivity contribution is 8.07. The minimum Gasteiger partial charge on any atom is -0.313 e. The first-order valence-electron chi connectivity index (χ1n) is 8.40. The van der Waals surface area contributed by atoms with Crippen molar-refractivity contribution in [1.29, 1.82) is 0 Å². The zero-order valence-electron chi connectivity index (χ0n) is 13.4. The number of hydrogen-bond donors (Lipinski definition) is 1. The first-order valence-corrected chi connectivity index (χ1v) is 10.5. The van der Waals surface area contributed by atoms with Gasteiger partial charge in [-0.25, -0.2) is 0 Å². The Kier molecular flexibility index (Phi) is 11.1. The van der Waals surface area contributed by atoms with E-state index in [0.29, 0.717) is 0 Å². The standard InChI is InChI=1S/C17H33NS2/c1-4-7-8-9-10-11-15(18-12-5-2)17-16(6-3)19-13-14-20-17/h4,15-18H,1,5-14H2,2-3H3. The normalized spacial score (nSPS) is 24.5. The fraction of sp³-hybridized carbons (Fsp3) is 0.882. The average molecular weight is 316 g/mol. The van der Waals surface area contributed by atoms with Crippen LogP contribution in [0, 0.1) is 0 Å². The van der Waals surface area contributed by atoms with Crippen LogP contribution in [0.4, 0.5) is 0 Å². The van der Waals surface area contributed by atoms with Gasteiger partial charge in [0.25, 0.3) is 0 Å². The van der Waals surface area contributed by atoms with Gasteiger partial charge in [-0.05, 0) is 38.6 Å². The molecule has 3 atom stereocenters. The summed E-state index contributed by atoms with van der Waals surface area (Å²) in [6.45, 7) is 9.62. The van der Waals surface area contributed by atoms with Crippen molar-refractivity contribution in [3.63, 3.8) is 0 Å². The van der Waals surface area contributed by atoms with E-state index in [1.165, 1.54) is 63.0 Å². The Labute approximate surface area is 135 Å². The Hall–Kier alpha value is 0.400. The smallest absolute Gasteiger partial charge is 0.0320 e. The maximum absolute atomic E-state index is 3.84. The SMILES string of the molecule is C=CCCCCCC(NCCC)C1SCCSC1CC. The van der Waals surface area contributed by atoms with E-state index in [0.717, 1.165) is 16.5 Å². The molecule has 0 radical (unpaired) electrons. The molecule has 3 heteroatoms. The number of rotatable bonds is 11. The molecule has 0 aromatic heterocycles. The Morgan fingerprint density at radius 2 is 2.00 bits per heavy atom. The molecule has 0 aliphatic carbocycles. The van der Waals surface area contributed by atoms with Crippen LogP contribution in [0.2, 0.25) is 0 Å². The minimum atomic E-state index is 0.724. The summed E-state index contributed by atoms with van der Waals surface area (Å²) >= 11 is 4.43. The van der Waals surface area contributed by atoms with Crippen LogP contribution < -0.4 is 5.32 Å². The molecular weight excluding hydrogens is 282 g/mol. The summed E-state index contributed by atoms with van der Waals surface area (Å²) in [6, 6.07) is 0.724. The van der Waals surface area contributed by atoms with Crippen molar-refractivity contribution in [1.82, 2.24) is 5.32 Å². The van der Waals surface area contributed by atoms with Crippen molar-refractivity contribution in [3.8, 4) is 0 Å². The Bertz CT molecular complexity index is 245. The van der Waals surface area contributed by atoms with Crippen molar-refractivity contribution in [2.24, 2.45) is 0 Å². The lowest BCUT2D eigenvalue weighted by Crippen LogP contribution is -2.45. The molecular formula is C17H33NS2. The number of unbranched alkanes of at least 4 members (excludes halogenated alkanes) is 3. The zero-order valence-corrected chi connectivity index (χ0v) is 15.0. The summed E-state index contributed by atoms with van der Waals surface area (Å²) < 4.78 is 0. The summed E-state index contributed by atoms with van der Waals surface area (Å²) in [5.74, 6) is 2.69. The van der Waals surface area contributed by atoms with Gasteiger partial charge in [0.15, 0.2) is 0 Å². The molecule has 1 rings (SSSR count). The molecule has 1 heterocycles. The molecule has 0 aromatic carbocycles. The largest absolute Gasteiger partial charge is 0.313 e. The molecule has 1 N–H and O–H groups in total. The molecule has 20 heavy (non-hydrogen) atoms. The zero-order chi connectivity index (χ0) is 14.6. The molecule has 0 saturated carbocycles. The third-order valence-corrected chi connectivity index (χ3v) is 7.38. The highest BCUT2D eigenvalue weighted by atomic mass is 32.2. The fourth-order valence-electron chi connectivity index (χ4n) is 2.85. The Morgan fingerprint density at radius 3 is 2.70 bits per heavy atom. The van der Waals surface area contributed by atoms with Crippen LogP contribution >= 0.6 is 23.5 Å². The highest BCUT2D eigenvalue weighted by Gasteiger charge is 2.31. The van der Waals surface area contributed by atoms with E-state index < -0.39 is 0 Å². The first-order chi connectivity index (χ1) is 9.83. The molecule has 1 aliphatic heterocycles. The summed E-state index contributed by atoms with van der Waals surface area (Å²) in [6.07, 6.45) is 11.2. The van der Waals surface area contributed by atoms with E-state index in [1.54, 1.807) is 0 Å². The second-order valence-electron chi connectivity index (χ2n) is 5.64. The second-order valence-corrected chi connectivity index (χ2v) is 8.27. The highest BCUT2D eigenvalue weighted by Crippen LogP contribution is 2.36. The van der Waals surface area contributed by atoms with E-state index in [2.05, 4.69) is 49.3 Å².